The summed E-state index contributed by atoms with van der Waals surface area (Å²) < 4.78 is 4.63. The van der Waals surface area contributed by atoms with E-state index in [4.69, 9.17) is 0 Å². The first-order valence-corrected chi connectivity index (χ1v) is 5.06. The summed E-state index contributed by atoms with van der Waals surface area (Å²) in [7, 11) is 1.43. The van der Waals surface area contributed by atoms with Crippen LogP contribution in [0.3, 0.4) is 0 Å². The van der Waals surface area contributed by atoms with Gasteiger partial charge in [-0.2, -0.15) is 0 Å². The Labute approximate surface area is 80.0 Å². The lowest BCUT2D eigenvalue weighted by atomic mass is 9.82. The van der Waals surface area contributed by atoms with Gasteiger partial charge in [-0.3, -0.25) is 0 Å². The van der Waals surface area contributed by atoms with E-state index in [9.17, 15) is 4.79 Å². The Morgan fingerprint density at radius 3 is 3.00 bits per heavy atom. The number of rotatable bonds is 2. The van der Waals surface area contributed by atoms with Gasteiger partial charge in [-0.25, -0.2) is 4.79 Å². The topological polar surface area (TPSA) is 26.3 Å². The number of hydrogen-bond donors (Lipinski definition) is 0. The van der Waals surface area contributed by atoms with Crippen molar-refractivity contribution in [1.29, 1.82) is 0 Å². The molecule has 1 unspecified atom stereocenters. The molecule has 1 atom stereocenters. The van der Waals surface area contributed by atoms with Crippen LogP contribution in [0.2, 0.25) is 0 Å². The van der Waals surface area contributed by atoms with E-state index in [-0.39, 0.29) is 5.97 Å². The first-order valence-electron chi connectivity index (χ1n) is 5.06. The molecule has 74 valence electrons. The van der Waals surface area contributed by atoms with Crippen molar-refractivity contribution in [3.05, 3.63) is 11.6 Å². The van der Waals surface area contributed by atoms with Gasteiger partial charge in [0, 0.05) is 6.08 Å². The monoisotopic (exact) mass is 182 g/mol. The molecule has 1 aliphatic carbocycles. The summed E-state index contributed by atoms with van der Waals surface area (Å²) in [5.41, 5.74) is 1.29. The molecule has 0 saturated heterocycles. The molecule has 0 aromatic rings. The second-order valence-corrected chi connectivity index (χ2v) is 3.59. The smallest absolute Gasteiger partial charge is 0.330 e. The van der Waals surface area contributed by atoms with Gasteiger partial charge in [-0.05, 0) is 31.6 Å². The van der Waals surface area contributed by atoms with Crippen LogP contribution in [0.15, 0.2) is 11.6 Å². The van der Waals surface area contributed by atoms with Gasteiger partial charge < -0.3 is 4.74 Å². The van der Waals surface area contributed by atoms with Crippen molar-refractivity contribution in [1.82, 2.24) is 0 Å². The van der Waals surface area contributed by atoms with Crippen molar-refractivity contribution in [3.8, 4) is 0 Å². The molecule has 0 radical (unpaired) electrons. The summed E-state index contributed by atoms with van der Waals surface area (Å²) in [6, 6.07) is 0. The van der Waals surface area contributed by atoms with Crippen LogP contribution in [-0.4, -0.2) is 13.1 Å². The third kappa shape index (κ3) is 2.87. The number of allylic oxidation sites excluding steroid dienone is 1. The third-order valence-corrected chi connectivity index (χ3v) is 2.79. The van der Waals surface area contributed by atoms with E-state index in [1.165, 1.54) is 31.9 Å². The Hall–Kier alpha value is -0.790. The van der Waals surface area contributed by atoms with E-state index in [0.717, 1.165) is 12.8 Å². The highest BCUT2D eigenvalue weighted by molar-refractivity contribution is 5.82. The standard InChI is InChI=1S/C11H18O2/c1-3-9-6-4-5-7-10(9)8-11(12)13-2/h8-9H,3-7H2,1-2H3/b10-8+. The van der Waals surface area contributed by atoms with Gasteiger partial charge in [0.05, 0.1) is 7.11 Å². The van der Waals surface area contributed by atoms with Crippen molar-refractivity contribution in [2.75, 3.05) is 7.11 Å². The second kappa shape index (κ2) is 5.05. The van der Waals surface area contributed by atoms with Crippen LogP contribution in [0.5, 0.6) is 0 Å². The molecule has 2 heteroatoms. The normalized spacial score (nSPS) is 26.0. The molecule has 0 N–H and O–H groups in total. The highest BCUT2D eigenvalue weighted by atomic mass is 16.5. The predicted octanol–water partition coefficient (Wildman–Crippen LogP) is 2.69. The van der Waals surface area contributed by atoms with Crippen LogP contribution in [0.4, 0.5) is 0 Å². The molecule has 0 aromatic carbocycles. The van der Waals surface area contributed by atoms with Gasteiger partial charge in [0.1, 0.15) is 0 Å². The summed E-state index contributed by atoms with van der Waals surface area (Å²) >= 11 is 0. The van der Waals surface area contributed by atoms with Crippen LogP contribution >= 0.6 is 0 Å². The first kappa shape index (κ1) is 10.3. The number of ether oxygens (including phenoxy) is 1. The molecule has 2 nitrogen and oxygen atoms in total. The molecule has 1 rings (SSSR count). The van der Waals surface area contributed by atoms with E-state index < -0.39 is 0 Å². The van der Waals surface area contributed by atoms with Crippen molar-refractivity contribution in [3.63, 3.8) is 0 Å². The van der Waals surface area contributed by atoms with E-state index in [1.54, 1.807) is 6.08 Å². The average molecular weight is 182 g/mol. The molecular weight excluding hydrogens is 164 g/mol. The van der Waals surface area contributed by atoms with Gasteiger partial charge >= 0.3 is 5.97 Å². The van der Waals surface area contributed by atoms with Crippen LogP contribution in [0, 0.1) is 5.92 Å². The SMILES string of the molecule is CCC1CCCC/C1=C\C(=O)OC. The van der Waals surface area contributed by atoms with E-state index in [0.29, 0.717) is 5.92 Å². The molecule has 0 aliphatic heterocycles. The number of carbonyl (C=O) groups excluding carboxylic acids is 1. The fraction of sp³-hybridized carbons (Fsp3) is 0.727. The minimum atomic E-state index is -0.199. The average Bonchev–Trinajstić information content (AvgIpc) is 2.18. The predicted molar refractivity (Wildman–Crippen MR) is 52.3 cm³/mol. The number of carbonyl (C=O) groups is 1. The third-order valence-electron chi connectivity index (χ3n) is 2.79. The molecule has 0 aromatic heterocycles. The summed E-state index contributed by atoms with van der Waals surface area (Å²) in [4.78, 5) is 11.0. The highest BCUT2D eigenvalue weighted by Gasteiger charge is 2.17. The van der Waals surface area contributed by atoms with E-state index in [1.807, 2.05) is 0 Å². The molecular formula is C11H18O2. The van der Waals surface area contributed by atoms with Gasteiger partial charge in [0.15, 0.2) is 0 Å². The Balaban J connectivity index is 2.63. The number of esters is 1. The molecule has 0 bridgehead atoms. The van der Waals surface area contributed by atoms with Gasteiger partial charge in [0.2, 0.25) is 0 Å². The van der Waals surface area contributed by atoms with E-state index >= 15 is 0 Å². The summed E-state index contributed by atoms with van der Waals surface area (Å²) in [6.07, 6.45) is 7.67. The maximum atomic E-state index is 11.0. The molecule has 0 spiro atoms. The van der Waals surface area contributed by atoms with Crippen molar-refractivity contribution in [2.24, 2.45) is 5.92 Å². The zero-order valence-electron chi connectivity index (χ0n) is 8.51. The van der Waals surface area contributed by atoms with Crippen LogP contribution < -0.4 is 0 Å². The molecule has 1 aliphatic rings. The van der Waals surface area contributed by atoms with Crippen LogP contribution in [-0.2, 0) is 9.53 Å². The fourth-order valence-electron chi connectivity index (χ4n) is 1.98. The maximum Gasteiger partial charge on any atom is 0.330 e. The lowest BCUT2D eigenvalue weighted by Crippen LogP contribution is -2.11. The largest absolute Gasteiger partial charge is 0.466 e. The van der Waals surface area contributed by atoms with Gasteiger partial charge in [-0.15, -0.1) is 0 Å². The Kier molecular flexibility index (Phi) is 4.00. The quantitative estimate of drug-likeness (QED) is 0.485. The van der Waals surface area contributed by atoms with Gasteiger partial charge in [0.25, 0.3) is 0 Å². The lowest BCUT2D eigenvalue weighted by molar-refractivity contribution is -0.134. The Morgan fingerprint density at radius 2 is 2.38 bits per heavy atom. The molecule has 0 heterocycles. The number of hydrogen-bond acceptors (Lipinski definition) is 2. The van der Waals surface area contributed by atoms with Crippen molar-refractivity contribution < 1.29 is 9.53 Å². The van der Waals surface area contributed by atoms with Crippen LogP contribution in [0.1, 0.15) is 39.0 Å². The zero-order valence-corrected chi connectivity index (χ0v) is 8.51. The Bertz CT molecular complexity index is 206. The molecule has 1 fully saturated rings. The minimum absolute atomic E-state index is 0.199. The first-order chi connectivity index (χ1) is 6.27. The van der Waals surface area contributed by atoms with Crippen molar-refractivity contribution >= 4 is 5.97 Å². The molecule has 0 amide bonds. The molecule has 1 saturated carbocycles. The molecule has 13 heavy (non-hydrogen) atoms. The summed E-state index contributed by atoms with van der Waals surface area (Å²) in [6.45, 7) is 2.18. The summed E-state index contributed by atoms with van der Waals surface area (Å²) in [5.74, 6) is 0.420. The number of methoxy groups -OCH3 is 1. The maximum absolute atomic E-state index is 11.0. The minimum Gasteiger partial charge on any atom is -0.466 e. The lowest BCUT2D eigenvalue weighted by Gasteiger charge is -2.23. The van der Waals surface area contributed by atoms with E-state index in [2.05, 4.69) is 11.7 Å². The van der Waals surface area contributed by atoms with Gasteiger partial charge in [-0.1, -0.05) is 18.9 Å². The van der Waals surface area contributed by atoms with Crippen molar-refractivity contribution in [2.45, 2.75) is 39.0 Å². The Morgan fingerprint density at radius 1 is 1.62 bits per heavy atom. The highest BCUT2D eigenvalue weighted by Crippen LogP contribution is 2.31. The summed E-state index contributed by atoms with van der Waals surface area (Å²) in [5, 5.41) is 0. The van der Waals surface area contributed by atoms with Crippen LogP contribution in [0.25, 0.3) is 0 Å². The fourth-order valence-corrected chi connectivity index (χ4v) is 1.98. The zero-order chi connectivity index (χ0) is 9.68. The second-order valence-electron chi connectivity index (χ2n) is 3.59.